The molecule has 0 radical (unpaired) electrons. The van der Waals surface area contributed by atoms with Crippen LogP contribution < -0.4 is 0 Å². The van der Waals surface area contributed by atoms with Gasteiger partial charge in [-0.1, -0.05) is 23.7 Å². The van der Waals surface area contributed by atoms with E-state index >= 15 is 0 Å². The lowest BCUT2D eigenvalue weighted by molar-refractivity contribution is -0.154. The van der Waals surface area contributed by atoms with E-state index in [0.717, 1.165) is 4.31 Å². The van der Waals surface area contributed by atoms with Crippen LogP contribution in [-0.2, 0) is 19.6 Å². The summed E-state index contributed by atoms with van der Waals surface area (Å²) >= 11 is 6.11. The van der Waals surface area contributed by atoms with Crippen molar-refractivity contribution in [3.05, 3.63) is 28.8 Å². The van der Waals surface area contributed by atoms with Crippen molar-refractivity contribution in [2.45, 2.75) is 37.3 Å². The third-order valence-corrected chi connectivity index (χ3v) is 6.06. The standard InChI is InChI=1S/C14H18ClNO5S/c1-9-5-4-6-11(12(9)15)22(19,20)16-8-14(2,3)21-7-10(16)13(17)18/h4-6,10H,7-8H2,1-3H3,(H,17,18). The lowest BCUT2D eigenvalue weighted by Gasteiger charge is -2.41. The zero-order valence-corrected chi connectivity index (χ0v) is 14.1. The Labute approximate surface area is 134 Å². The molecule has 0 bridgehead atoms. The average molecular weight is 348 g/mol. The molecular weight excluding hydrogens is 330 g/mol. The second kappa shape index (κ2) is 5.81. The third-order valence-electron chi connectivity index (χ3n) is 3.54. The minimum absolute atomic E-state index is 0.0590. The molecule has 0 aromatic heterocycles. The van der Waals surface area contributed by atoms with Gasteiger partial charge in [0.05, 0.1) is 17.2 Å². The van der Waals surface area contributed by atoms with Gasteiger partial charge in [0.2, 0.25) is 10.0 Å². The number of benzene rings is 1. The Bertz CT molecular complexity index is 701. The number of ether oxygens (including phenoxy) is 1. The molecule has 0 saturated carbocycles. The monoisotopic (exact) mass is 347 g/mol. The number of halogens is 1. The number of sulfonamides is 1. The topological polar surface area (TPSA) is 83.9 Å². The van der Waals surface area contributed by atoms with E-state index in [0.29, 0.717) is 5.56 Å². The summed E-state index contributed by atoms with van der Waals surface area (Å²) in [5.74, 6) is -1.25. The number of morpholine rings is 1. The van der Waals surface area contributed by atoms with E-state index in [9.17, 15) is 18.3 Å². The van der Waals surface area contributed by atoms with Crippen molar-refractivity contribution in [1.82, 2.24) is 4.31 Å². The zero-order valence-electron chi connectivity index (χ0n) is 12.5. The zero-order chi connectivity index (χ0) is 16.7. The molecule has 1 aromatic rings. The van der Waals surface area contributed by atoms with E-state index in [-0.39, 0.29) is 23.1 Å². The number of carboxylic acids is 1. The molecule has 1 unspecified atom stereocenters. The summed E-state index contributed by atoms with van der Waals surface area (Å²) in [5, 5.41) is 9.40. The van der Waals surface area contributed by atoms with E-state index in [1.165, 1.54) is 6.07 Å². The summed E-state index contributed by atoms with van der Waals surface area (Å²) in [5.41, 5.74) is -0.155. The fourth-order valence-corrected chi connectivity index (χ4v) is 4.59. The Kier molecular flexibility index (Phi) is 4.54. The number of aryl methyl sites for hydroxylation is 1. The maximum Gasteiger partial charge on any atom is 0.324 e. The van der Waals surface area contributed by atoms with E-state index in [2.05, 4.69) is 0 Å². The van der Waals surface area contributed by atoms with E-state index in [1.807, 2.05) is 0 Å². The molecule has 122 valence electrons. The van der Waals surface area contributed by atoms with Crippen LogP contribution in [0.4, 0.5) is 0 Å². The molecule has 1 heterocycles. The number of carboxylic acid groups (broad SMARTS) is 1. The van der Waals surface area contributed by atoms with Crippen LogP contribution in [0.3, 0.4) is 0 Å². The summed E-state index contributed by atoms with van der Waals surface area (Å²) < 4.78 is 32.2. The quantitative estimate of drug-likeness (QED) is 0.902. The molecule has 1 aliphatic heterocycles. The van der Waals surface area contributed by atoms with E-state index in [4.69, 9.17) is 16.3 Å². The maximum absolute atomic E-state index is 12.9. The van der Waals surface area contributed by atoms with Gasteiger partial charge in [0.25, 0.3) is 0 Å². The molecule has 0 amide bonds. The Morgan fingerprint density at radius 1 is 1.45 bits per heavy atom. The fourth-order valence-electron chi connectivity index (χ4n) is 2.31. The minimum Gasteiger partial charge on any atom is -0.480 e. The number of carbonyl (C=O) groups is 1. The summed E-state index contributed by atoms with van der Waals surface area (Å²) in [6, 6.07) is 3.38. The Balaban J connectivity index is 2.53. The van der Waals surface area contributed by atoms with Crippen LogP contribution in [0.25, 0.3) is 0 Å². The van der Waals surface area contributed by atoms with Gasteiger partial charge in [-0.15, -0.1) is 0 Å². The van der Waals surface area contributed by atoms with Crippen molar-refractivity contribution in [2.24, 2.45) is 0 Å². The number of rotatable bonds is 3. The molecule has 1 aliphatic rings. The normalized spacial score (nSPS) is 22.5. The van der Waals surface area contributed by atoms with Gasteiger partial charge < -0.3 is 9.84 Å². The van der Waals surface area contributed by atoms with Crippen LogP contribution in [0.5, 0.6) is 0 Å². The first-order valence-corrected chi connectivity index (χ1v) is 8.52. The van der Waals surface area contributed by atoms with Gasteiger partial charge in [0.15, 0.2) is 0 Å². The Hall–Kier alpha value is -1.15. The first kappa shape index (κ1) is 17.2. The summed E-state index contributed by atoms with van der Waals surface area (Å²) in [6.45, 7) is 4.86. The fraction of sp³-hybridized carbons (Fsp3) is 0.500. The minimum atomic E-state index is -4.04. The summed E-state index contributed by atoms with van der Waals surface area (Å²) in [7, 11) is -4.04. The van der Waals surface area contributed by atoms with Crippen molar-refractivity contribution in [3.63, 3.8) is 0 Å². The highest BCUT2D eigenvalue weighted by atomic mass is 35.5. The van der Waals surface area contributed by atoms with Gasteiger partial charge in [0.1, 0.15) is 10.9 Å². The first-order valence-electron chi connectivity index (χ1n) is 6.70. The summed E-state index contributed by atoms with van der Waals surface area (Å²) in [4.78, 5) is 11.3. The smallest absolute Gasteiger partial charge is 0.324 e. The molecular formula is C14H18ClNO5S. The van der Waals surface area contributed by atoms with Gasteiger partial charge in [-0.3, -0.25) is 4.79 Å². The van der Waals surface area contributed by atoms with E-state index < -0.39 is 27.6 Å². The van der Waals surface area contributed by atoms with E-state index in [1.54, 1.807) is 32.9 Å². The van der Waals surface area contributed by atoms with Gasteiger partial charge in [-0.05, 0) is 32.4 Å². The van der Waals surface area contributed by atoms with Crippen LogP contribution in [0.1, 0.15) is 19.4 Å². The molecule has 1 fully saturated rings. The molecule has 0 aliphatic carbocycles. The van der Waals surface area contributed by atoms with Gasteiger partial charge in [-0.2, -0.15) is 4.31 Å². The molecule has 22 heavy (non-hydrogen) atoms. The van der Waals surface area contributed by atoms with Crippen LogP contribution in [0, 0.1) is 6.92 Å². The second-order valence-corrected chi connectivity index (χ2v) is 8.10. The van der Waals surface area contributed by atoms with Crippen molar-refractivity contribution in [3.8, 4) is 0 Å². The molecule has 1 N–H and O–H groups in total. The van der Waals surface area contributed by atoms with Gasteiger partial charge in [0, 0.05) is 6.54 Å². The van der Waals surface area contributed by atoms with Crippen molar-refractivity contribution in [1.29, 1.82) is 0 Å². The Morgan fingerprint density at radius 3 is 2.68 bits per heavy atom. The third kappa shape index (κ3) is 3.12. The Morgan fingerprint density at radius 2 is 2.09 bits per heavy atom. The summed E-state index contributed by atoms with van der Waals surface area (Å²) in [6.07, 6.45) is 0. The predicted octanol–water partition coefficient (Wildman–Crippen LogP) is 1.90. The highest BCUT2D eigenvalue weighted by molar-refractivity contribution is 7.89. The highest BCUT2D eigenvalue weighted by Gasteiger charge is 2.44. The van der Waals surface area contributed by atoms with Crippen LogP contribution in [0.2, 0.25) is 5.02 Å². The average Bonchev–Trinajstić information content (AvgIpc) is 2.40. The first-order chi connectivity index (χ1) is 10.1. The molecule has 0 spiro atoms. The van der Waals surface area contributed by atoms with Crippen LogP contribution in [0.15, 0.2) is 23.1 Å². The van der Waals surface area contributed by atoms with Crippen molar-refractivity contribution >= 4 is 27.6 Å². The molecule has 1 atom stereocenters. The van der Waals surface area contributed by atoms with Gasteiger partial charge in [-0.25, -0.2) is 8.42 Å². The number of hydrogen-bond acceptors (Lipinski definition) is 4. The SMILES string of the molecule is Cc1cccc(S(=O)(=O)N2CC(C)(C)OCC2C(=O)O)c1Cl. The number of aliphatic carboxylic acids is 1. The molecule has 2 rings (SSSR count). The highest BCUT2D eigenvalue weighted by Crippen LogP contribution is 2.32. The predicted molar refractivity (Wildman–Crippen MR) is 81.5 cm³/mol. The largest absolute Gasteiger partial charge is 0.480 e. The molecule has 1 saturated heterocycles. The molecule has 6 nitrogen and oxygen atoms in total. The number of hydrogen-bond donors (Lipinski definition) is 1. The van der Waals surface area contributed by atoms with Crippen molar-refractivity contribution in [2.75, 3.05) is 13.2 Å². The molecule has 1 aromatic carbocycles. The lowest BCUT2D eigenvalue weighted by atomic mass is 10.1. The second-order valence-electron chi connectivity index (χ2n) is 5.86. The lowest BCUT2D eigenvalue weighted by Crippen LogP contribution is -2.58. The van der Waals surface area contributed by atoms with Gasteiger partial charge >= 0.3 is 5.97 Å². The number of nitrogens with zero attached hydrogens (tertiary/aromatic N) is 1. The maximum atomic E-state index is 12.9. The van der Waals surface area contributed by atoms with Crippen LogP contribution in [-0.4, -0.2) is 48.6 Å². The van der Waals surface area contributed by atoms with Crippen molar-refractivity contribution < 1.29 is 23.1 Å². The molecule has 8 heteroatoms. The van der Waals surface area contributed by atoms with Crippen LogP contribution >= 0.6 is 11.6 Å².